The average molecular weight is 277 g/mol. The molecule has 0 aliphatic rings. The number of hydrogen-bond donors (Lipinski definition) is 0. The number of methoxy groups -OCH3 is 1. The SMILES string of the molecule is COc1ccc(C(=O)[C@@](C)(Cl)S(C)(=O)=O)cc1. The van der Waals surface area contributed by atoms with Gasteiger partial charge in [0.2, 0.25) is 4.21 Å². The maximum absolute atomic E-state index is 12.0. The van der Waals surface area contributed by atoms with Crippen molar-refractivity contribution in [3.8, 4) is 5.75 Å². The molecule has 0 N–H and O–H groups in total. The van der Waals surface area contributed by atoms with Crippen LogP contribution in [0.3, 0.4) is 0 Å². The Kier molecular flexibility index (Phi) is 3.84. The van der Waals surface area contributed by atoms with Crippen LogP contribution in [0, 0.1) is 0 Å². The van der Waals surface area contributed by atoms with Crippen LogP contribution in [0.25, 0.3) is 0 Å². The normalized spacial score (nSPS) is 15.1. The predicted octanol–water partition coefficient (Wildman–Crippen LogP) is 1.88. The van der Waals surface area contributed by atoms with E-state index in [1.165, 1.54) is 26.2 Å². The Morgan fingerprint density at radius 2 is 1.76 bits per heavy atom. The van der Waals surface area contributed by atoms with E-state index >= 15 is 0 Å². The summed E-state index contributed by atoms with van der Waals surface area (Å²) in [7, 11) is -2.18. The first-order valence-corrected chi connectivity index (χ1v) is 7.04. The molecule has 94 valence electrons. The molecule has 0 unspecified atom stereocenters. The minimum Gasteiger partial charge on any atom is -0.497 e. The number of halogens is 1. The van der Waals surface area contributed by atoms with Crippen molar-refractivity contribution >= 4 is 27.2 Å². The maximum Gasteiger partial charge on any atom is 0.204 e. The number of hydrogen-bond acceptors (Lipinski definition) is 4. The number of benzene rings is 1. The van der Waals surface area contributed by atoms with E-state index in [-0.39, 0.29) is 5.56 Å². The summed E-state index contributed by atoms with van der Waals surface area (Å²) in [6.07, 6.45) is 0.932. The molecule has 1 aromatic carbocycles. The molecule has 0 fully saturated rings. The van der Waals surface area contributed by atoms with E-state index in [0.717, 1.165) is 6.26 Å². The van der Waals surface area contributed by atoms with E-state index < -0.39 is 19.8 Å². The van der Waals surface area contributed by atoms with E-state index in [1.54, 1.807) is 12.1 Å². The Labute approximate surface area is 105 Å². The molecule has 1 aromatic rings. The summed E-state index contributed by atoms with van der Waals surface area (Å²) in [4.78, 5) is 12.0. The number of carbonyl (C=O) groups is 1. The molecule has 0 spiro atoms. The number of carbonyl (C=O) groups excluding carboxylic acids is 1. The van der Waals surface area contributed by atoms with Gasteiger partial charge >= 0.3 is 0 Å². The number of rotatable bonds is 4. The van der Waals surface area contributed by atoms with Crippen LogP contribution >= 0.6 is 11.6 Å². The van der Waals surface area contributed by atoms with Gasteiger partial charge in [0.15, 0.2) is 15.6 Å². The summed E-state index contributed by atoms with van der Waals surface area (Å²) in [5.74, 6) is -0.0681. The number of alkyl halides is 1. The lowest BCUT2D eigenvalue weighted by Crippen LogP contribution is -2.37. The van der Waals surface area contributed by atoms with Gasteiger partial charge in [-0.1, -0.05) is 11.6 Å². The molecule has 0 saturated carbocycles. The minimum atomic E-state index is -3.68. The van der Waals surface area contributed by atoms with Gasteiger partial charge < -0.3 is 4.74 Å². The monoisotopic (exact) mass is 276 g/mol. The zero-order valence-corrected chi connectivity index (χ0v) is 11.3. The molecule has 6 heteroatoms. The van der Waals surface area contributed by atoms with Gasteiger partial charge in [-0.3, -0.25) is 4.79 Å². The quantitative estimate of drug-likeness (QED) is 0.622. The highest BCUT2D eigenvalue weighted by molar-refractivity contribution is 7.94. The summed E-state index contributed by atoms with van der Waals surface area (Å²) in [5.41, 5.74) is 0.230. The molecule has 0 bridgehead atoms. The third-order valence-corrected chi connectivity index (χ3v) is 5.04. The van der Waals surface area contributed by atoms with Crippen molar-refractivity contribution in [2.75, 3.05) is 13.4 Å². The lowest BCUT2D eigenvalue weighted by Gasteiger charge is -2.18. The molecule has 0 saturated heterocycles. The molecule has 17 heavy (non-hydrogen) atoms. The third kappa shape index (κ3) is 2.79. The molecule has 0 aliphatic carbocycles. The van der Waals surface area contributed by atoms with Crippen LogP contribution in [0.5, 0.6) is 5.75 Å². The maximum atomic E-state index is 12.0. The van der Waals surface area contributed by atoms with E-state index in [1.807, 2.05) is 0 Å². The van der Waals surface area contributed by atoms with Gasteiger partial charge in [-0.05, 0) is 31.2 Å². The molecule has 0 aromatic heterocycles. The highest BCUT2D eigenvalue weighted by atomic mass is 35.5. The summed E-state index contributed by atoms with van der Waals surface area (Å²) in [6.45, 7) is 1.18. The molecule has 0 heterocycles. The Balaban J connectivity index is 3.13. The van der Waals surface area contributed by atoms with E-state index in [0.29, 0.717) is 5.75 Å². The summed E-state index contributed by atoms with van der Waals surface area (Å²) in [6, 6.07) is 6.10. The van der Waals surface area contributed by atoms with Crippen molar-refractivity contribution in [3.63, 3.8) is 0 Å². The Morgan fingerprint density at radius 3 is 2.12 bits per heavy atom. The highest BCUT2D eigenvalue weighted by Crippen LogP contribution is 2.27. The Bertz CT molecular complexity index is 517. The third-order valence-electron chi connectivity index (χ3n) is 2.45. The van der Waals surface area contributed by atoms with Crippen molar-refractivity contribution in [1.29, 1.82) is 0 Å². The van der Waals surface area contributed by atoms with E-state index in [9.17, 15) is 13.2 Å². The predicted molar refractivity (Wildman–Crippen MR) is 66.4 cm³/mol. The first kappa shape index (κ1) is 14.0. The molecule has 1 rings (SSSR count). The molecule has 0 amide bonds. The number of Topliss-reactive ketones (excluding diaryl/α,β-unsaturated/α-hetero) is 1. The van der Waals surface area contributed by atoms with Crippen LogP contribution in [0.2, 0.25) is 0 Å². The average Bonchev–Trinajstić information content (AvgIpc) is 2.26. The molecule has 1 atom stereocenters. The highest BCUT2D eigenvalue weighted by Gasteiger charge is 2.41. The van der Waals surface area contributed by atoms with Gasteiger partial charge in [0.1, 0.15) is 5.75 Å². The van der Waals surface area contributed by atoms with Crippen LogP contribution in [0.15, 0.2) is 24.3 Å². The van der Waals surface area contributed by atoms with Gasteiger partial charge in [0.25, 0.3) is 0 Å². The van der Waals surface area contributed by atoms with E-state index in [2.05, 4.69) is 0 Å². The van der Waals surface area contributed by atoms with Crippen LogP contribution in [0.4, 0.5) is 0 Å². The number of ketones is 1. The standard InChI is InChI=1S/C11H13ClO4S/c1-11(12,17(3,14)15)10(13)8-4-6-9(16-2)7-5-8/h4-7H,1-3H3/t11-/m0/s1. The molecular formula is C11H13ClO4S. The summed E-state index contributed by atoms with van der Waals surface area (Å²) in [5, 5.41) is 0. The Morgan fingerprint density at radius 1 is 1.29 bits per heavy atom. The fourth-order valence-corrected chi connectivity index (χ4v) is 1.73. The zero-order valence-electron chi connectivity index (χ0n) is 9.73. The number of sulfone groups is 1. The van der Waals surface area contributed by atoms with Crippen LogP contribution in [-0.4, -0.2) is 31.8 Å². The van der Waals surface area contributed by atoms with Gasteiger partial charge in [0.05, 0.1) is 7.11 Å². The van der Waals surface area contributed by atoms with Crippen molar-refractivity contribution in [2.45, 2.75) is 11.1 Å². The lowest BCUT2D eigenvalue weighted by atomic mass is 10.1. The van der Waals surface area contributed by atoms with Gasteiger partial charge in [-0.15, -0.1) is 0 Å². The first-order chi connectivity index (χ1) is 7.70. The minimum absolute atomic E-state index is 0.230. The molecule has 4 nitrogen and oxygen atoms in total. The summed E-state index contributed by atoms with van der Waals surface area (Å²) >= 11 is 5.80. The second-order valence-electron chi connectivity index (χ2n) is 3.75. The first-order valence-electron chi connectivity index (χ1n) is 4.77. The van der Waals surface area contributed by atoms with E-state index in [4.69, 9.17) is 16.3 Å². The largest absolute Gasteiger partial charge is 0.497 e. The second kappa shape index (κ2) is 4.66. The lowest BCUT2D eigenvalue weighted by molar-refractivity contribution is 0.0978. The zero-order chi connectivity index (χ0) is 13.3. The van der Waals surface area contributed by atoms with Crippen molar-refractivity contribution in [2.24, 2.45) is 0 Å². The fourth-order valence-electron chi connectivity index (χ4n) is 1.17. The molecule has 0 radical (unpaired) electrons. The smallest absolute Gasteiger partial charge is 0.204 e. The summed E-state index contributed by atoms with van der Waals surface area (Å²) < 4.78 is 25.8. The fraction of sp³-hybridized carbons (Fsp3) is 0.364. The Hall–Kier alpha value is -1.07. The van der Waals surface area contributed by atoms with Gasteiger partial charge in [-0.2, -0.15) is 0 Å². The van der Waals surface area contributed by atoms with Crippen LogP contribution in [0.1, 0.15) is 17.3 Å². The van der Waals surface area contributed by atoms with Crippen molar-refractivity contribution < 1.29 is 17.9 Å². The van der Waals surface area contributed by atoms with Gasteiger partial charge in [0, 0.05) is 11.8 Å². The second-order valence-corrected chi connectivity index (χ2v) is 7.09. The topological polar surface area (TPSA) is 60.4 Å². The van der Waals surface area contributed by atoms with Crippen LogP contribution in [-0.2, 0) is 9.84 Å². The molecular weight excluding hydrogens is 264 g/mol. The molecule has 0 aliphatic heterocycles. The number of ether oxygens (including phenoxy) is 1. The van der Waals surface area contributed by atoms with Crippen molar-refractivity contribution in [3.05, 3.63) is 29.8 Å². The van der Waals surface area contributed by atoms with Crippen LogP contribution < -0.4 is 4.74 Å². The van der Waals surface area contributed by atoms with Gasteiger partial charge in [-0.25, -0.2) is 8.42 Å². The van der Waals surface area contributed by atoms with Crippen molar-refractivity contribution in [1.82, 2.24) is 0 Å².